The Labute approximate surface area is 182 Å². The van der Waals surface area contributed by atoms with E-state index in [9.17, 15) is 14.4 Å². The van der Waals surface area contributed by atoms with Crippen LogP contribution < -0.4 is 16.0 Å². The Morgan fingerprint density at radius 2 is 1.74 bits per heavy atom. The number of hydrogen-bond donors (Lipinski definition) is 3. The number of carbonyl (C=O) groups is 3. The maximum atomic E-state index is 12.5. The molecule has 7 nitrogen and oxygen atoms in total. The lowest BCUT2D eigenvalue weighted by atomic mass is 9.95. The summed E-state index contributed by atoms with van der Waals surface area (Å²) in [6.45, 7) is 1.91. The van der Waals surface area contributed by atoms with Crippen LogP contribution in [0.2, 0.25) is 0 Å². The number of esters is 1. The van der Waals surface area contributed by atoms with Crippen molar-refractivity contribution in [1.29, 1.82) is 0 Å². The first-order valence-corrected chi connectivity index (χ1v) is 10.6. The molecule has 2 aromatic rings. The highest BCUT2D eigenvalue weighted by Crippen LogP contribution is 2.20. The number of nitrogens with one attached hydrogen (secondary N) is 3. The molecule has 31 heavy (non-hydrogen) atoms. The lowest BCUT2D eigenvalue weighted by Gasteiger charge is -2.23. The summed E-state index contributed by atoms with van der Waals surface area (Å²) < 4.78 is 4.74. The number of benzene rings is 2. The lowest BCUT2D eigenvalue weighted by Crippen LogP contribution is -2.36. The number of hydrogen-bond acceptors (Lipinski definition) is 5. The maximum Gasteiger partial charge on any atom is 0.339 e. The summed E-state index contributed by atoms with van der Waals surface area (Å²) >= 11 is 0. The van der Waals surface area contributed by atoms with Gasteiger partial charge in [-0.05, 0) is 55.7 Å². The van der Waals surface area contributed by atoms with Crippen LogP contribution in [0.1, 0.15) is 58.4 Å². The number of anilines is 2. The molecule has 0 heterocycles. The summed E-state index contributed by atoms with van der Waals surface area (Å²) in [4.78, 5) is 36.7. The zero-order chi connectivity index (χ0) is 22.2. The monoisotopic (exact) mass is 423 g/mol. The van der Waals surface area contributed by atoms with Gasteiger partial charge in [0.1, 0.15) is 0 Å². The van der Waals surface area contributed by atoms with Crippen LogP contribution in [0.25, 0.3) is 0 Å². The summed E-state index contributed by atoms with van der Waals surface area (Å²) in [5, 5.41) is 8.92. The molecule has 0 aliphatic heterocycles. The van der Waals surface area contributed by atoms with E-state index in [0.717, 1.165) is 24.1 Å². The van der Waals surface area contributed by atoms with E-state index in [2.05, 4.69) is 16.0 Å². The van der Waals surface area contributed by atoms with Crippen LogP contribution in [0.15, 0.2) is 42.5 Å². The Morgan fingerprint density at radius 3 is 2.45 bits per heavy atom. The fourth-order valence-electron chi connectivity index (χ4n) is 3.77. The zero-order valence-electron chi connectivity index (χ0n) is 18.0. The molecule has 0 spiro atoms. The van der Waals surface area contributed by atoms with Gasteiger partial charge >= 0.3 is 5.97 Å². The van der Waals surface area contributed by atoms with Crippen molar-refractivity contribution in [2.75, 3.05) is 24.3 Å². The minimum Gasteiger partial charge on any atom is -0.465 e. The van der Waals surface area contributed by atoms with Crippen LogP contribution in [0.5, 0.6) is 0 Å². The molecule has 3 rings (SSSR count). The van der Waals surface area contributed by atoms with Crippen LogP contribution in [-0.2, 0) is 9.53 Å². The van der Waals surface area contributed by atoms with Crippen molar-refractivity contribution >= 4 is 29.2 Å². The van der Waals surface area contributed by atoms with Gasteiger partial charge in [0.25, 0.3) is 5.91 Å². The van der Waals surface area contributed by atoms with Crippen molar-refractivity contribution in [1.82, 2.24) is 5.32 Å². The normalized spacial score (nSPS) is 13.9. The van der Waals surface area contributed by atoms with Gasteiger partial charge in [0.15, 0.2) is 0 Å². The van der Waals surface area contributed by atoms with Gasteiger partial charge in [0.2, 0.25) is 5.91 Å². The van der Waals surface area contributed by atoms with E-state index >= 15 is 0 Å². The molecule has 7 heteroatoms. The molecular formula is C24H29N3O4. The van der Waals surface area contributed by atoms with Gasteiger partial charge in [0, 0.05) is 17.3 Å². The van der Waals surface area contributed by atoms with Gasteiger partial charge in [-0.3, -0.25) is 9.59 Å². The van der Waals surface area contributed by atoms with E-state index < -0.39 is 5.97 Å². The highest BCUT2D eigenvalue weighted by Gasteiger charge is 2.17. The summed E-state index contributed by atoms with van der Waals surface area (Å²) in [6.07, 6.45) is 5.66. The highest BCUT2D eigenvalue weighted by atomic mass is 16.5. The van der Waals surface area contributed by atoms with E-state index in [0.29, 0.717) is 16.8 Å². The van der Waals surface area contributed by atoms with E-state index in [1.54, 1.807) is 36.4 Å². The second-order valence-corrected chi connectivity index (χ2v) is 7.78. The molecule has 164 valence electrons. The molecule has 2 aromatic carbocycles. The van der Waals surface area contributed by atoms with E-state index in [1.807, 2.05) is 13.0 Å². The molecule has 1 aliphatic carbocycles. The fourth-order valence-corrected chi connectivity index (χ4v) is 3.77. The largest absolute Gasteiger partial charge is 0.465 e. The van der Waals surface area contributed by atoms with Crippen molar-refractivity contribution < 1.29 is 19.1 Å². The van der Waals surface area contributed by atoms with Crippen molar-refractivity contribution in [3.8, 4) is 0 Å². The molecule has 0 aromatic heterocycles. The van der Waals surface area contributed by atoms with Crippen LogP contribution in [0, 0.1) is 6.92 Å². The summed E-state index contributed by atoms with van der Waals surface area (Å²) in [6, 6.07) is 12.3. The molecule has 1 saturated carbocycles. The molecule has 0 radical (unpaired) electrons. The number of rotatable bonds is 7. The van der Waals surface area contributed by atoms with Crippen LogP contribution >= 0.6 is 0 Å². The molecule has 0 unspecified atom stereocenters. The predicted octanol–water partition coefficient (Wildman–Crippen LogP) is 3.89. The van der Waals surface area contributed by atoms with Crippen LogP contribution in [0.4, 0.5) is 11.4 Å². The minimum atomic E-state index is -0.512. The number of methoxy groups -OCH3 is 1. The van der Waals surface area contributed by atoms with E-state index in [4.69, 9.17) is 4.74 Å². The molecule has 2 amide bonds. The van der Waals surface area contributed by atoms with Gasteiger partial charge < -0.3 is 20.7 Å². The number of para-hydroxylation sites is 1. The fraction of sp³-hybridized carbons (Fsp3) is 0.375. The number of ether oxygens (including phenoxy) is 1. The van der Waals surface area contributed by atoms with E-state index in [-0.39, 0.29) is 24.4 Å². The quantitative estimate of drug-likeness (QED) is 0.587. The Bertz CT molecular complexity index is 952. The second kappa shape index (κ2) is 10.6. The lowest BCUT2D eigenvalue weighted by molar-refractivity contribution is -0.114. The average Bonchev–Trinajstić information content (AvgIpc) is 2.78. The summed E-state index contributed by atoms with van der Waals surface area (Å²) in [5.41, 5.74) is 2.95. The van der Waals surface area contributed by atoms with Crippen molar-refractivity contribution in [3.63, 3.8) is 0 Å². The number of amides is 2. The van der Waals surface area contributed by atoms with Gasteiger partial charge in [0.05, 0.1) is 24.9 Å². The van der Waals surface area contributed by atoms with Gasteiger partial charge in [-0.15, -0.1) is 0 Å². The molecule has 0 saturated heterocycles. The molecular weight excluding hydrogens is 394 g/mol. The second-order valence-electron chi connectivity index (χ2n) is 7.78. The molecule has 3 N–H and O–H groups in total. The smallest absolute Gasteiger partial charge is 0.339 e. The Hall–Kier alpha value is -3.35. The first kappa shape index (κ1) is 22.3. The SMILES string of the molecule is COC(=O)c1ccccc1NC(=O)CNc1ccc(C(=O)NC2CCCCC2)cc1C. The van der Waals surface area contributed by atoms with E-state index in [1.165, 1.54) is 26.4 Å². The van der Waals surface area contributed by atoms with Crippen molar-refractivity contribution in [2.45, 2.75) is 45.1 Å². The van der Waals surface area contributed by atoms with Crippen LogP contribution in [-0.4, -0.2) is 37.5 Å². The van der Waals surface area contributed by atoms with Crippen molar-refractivity contribution in [2.24, 2.45) is 0 Å². The first-order valence-electron chi connectivity index (χ1n) is 10.6. The van der Waals surface area contributed by atoms with Crippen LogP contribution in [0.3, 0.4) is 0 Å². The van der Waals surface area contributed by atoms with Gasteiger partial charge in [-0.25, -0.2) is 4.79 Å². The third kappa shape index (κ3) is 6.07. The molecule has 1 fully saturated rings. The zero-order valence-corrected chi connectivity index (χ0v) is 18.0. The Kier molecular flexibility index (Phi) is 7.65. The highest BCUT2D eigenvalue weighted by molar-refractivity contribution is 6.02. The van der Waals surface area contributed by atoms with Gasteiger partial charge in [-0.2, -0.15) is 0 Å². The topological polar surface area (TPSA) is 96.5 Å². The third-order valence-corrected chi connectivity index (χ3v) is 5.47. The third-order valence-electron chi connectivity index (χ3n) is 5.47. The Morgan fingerprint density at radius 1 is 1.00 bits per heavy atom. The molecule has 0 bridgehead atoms. The average molecular weight is 424 g/mol. The van der Waals surface area contributed by atoms with Gasteiger partial charge in [-0.1, -0.05) is 31.4 Å². The Balaban J connectivity index is 1.56. The number of carbonyl (C=O) groups excluding carboxylic acids is 3. The van der Waals surface area contributed by atoms with Crippen molar-refractivity contribution in [3.05, 3.63) is 59.2 Å². The summed E-state index contributed by atoms with van der Waals surface area (Å²) in [5.74, 6) is -0.865. The maximum absolute atomic E-state index is 12.5. The predicted molar refractivity (Wildman–Crippen MR) is 120 cm³/mol. The standard InChI is InChI=1S/C24H29N3O4/c1-16-14-17(23(29)26-18-8-4-3-5-9-18)12-13-20(16)25-15-22(28)27-21-11-7-6-10-19(21)24(30)31-2/h6-7,10-14,18,25H,3-5,8-9,15H2,1-2H3,(H,26,29)(H,27,28). The number of aryl methyl sites for hydroxylation is 1. The minimum absolute atomic E-state index is 0.0178. The molecule has 1 aliphatic rings. The first-order chi connectivity index (χ1) is 15.0. The summed E-state index contributed by atoms with van der Waals surface area (Å²) in [7, 11) is 1.30. The molecule has 0 atom stereocenters.